The van der Waals surface area contributed by atoms with Crippen LogP contribution in [-0.2, 0) is 6.54 Å². The number of nitrogens with one attached hydrogen (secondary N) is 2. The van der Waals surface area contributed by atoms with Gasteiger partial charge in [0.2, 0.25) is 0 Å². The SMILES string of the molecule is COc1ccc(C(=O)Nc2ccc(CNC(=O)c3cccnc3)cc2)cc1. The second-order valence-corrected chi connectivity index (χ2v) is 5.80. The Balaban J connectivity index is 1.55. The number of nitrogens with zero attached hydrogens (tertiary/aromatic N) is 1. The van der Waals surface area contributed by atoms with E-state index in [1.165, 1.54) is 6.20 Å². The summed E-state index contributed by atoms with van der Waals surface area (Å²) in [5, 5.41) is 5.67. The second-order valence-electron chi connectivity index (χ2n) is 5.80. The van der Waals surface area contributed by atoms with E-state index in [9.17, 15) is 9.59 Å². The van der Waals surface area contributed by atoms with Gasteiger partial charge in [0.25, 0.3) is 11.8 Å². The summed E-state index contributed by atoms with van der Waals surface area (Å²) in [4.78, 5) is 28.2. The van der Waals surface area contributed by atoms with Crippen molar-refractivity contribution in [1.29, 1.82) is 0 Å². The zero-order chi connectivity index (χ0) is 19.1. The first kappa shape index (κ1) is 18.1. The van der Waals surface area contributed by atoms with Gasteiger partial charge < -0.3 is 15.4 Å². The van der Waals surface area contributed by atoms with E-state index < -0.39 is 0 Å². The molecule has 136 valence electrons. The third-order valence-electron chi connectivity index (χ3n) is 3.94. The van der Waals surface area contributed by atoms with E-state index >= 15 is 0 Å². The molecule has 2 aromatic carbocycles. The van der Waals surface area contributed by atoms with Crippen molar-refractivity contribution in [2.45, 2.75) is 6.54 Å². The average molecular weight is 361 g/mol. The summed E-state index contributed by atoms with van der Waals surface area (Å²) in [5.41, 5.74) is 2.66. The summed E-state index contributed by atoms with van der Waals surface area (Å²) in [6.45, 7) is 0.389. The van der Waals surface area contributed by atoms with E-state index in [1.807, 2.05) is 12.1 Å². The molecule has 0 aliphatic heterocycles. The van der Waals surface area contributed by atoms with Gasteiger partial charge in [0.15, 0.2) is 0 Å². The highest BCUT2D eigenvalue weighted by Crippen LogP contribution is 2.14. The molecule has 0 bridgehead atoms. The number of benzene rings is 2. The molecule has 0 unspecified atom stereocenters. The van der Waals surface area contributed by atoms with Crippen LogP contribution in [0.1, 0.15) is 26.3 Å². The Bertz CT molecular complexity index is 908. The normalized spacial score (nSPS) is 10.1. The molecular formula is C21H19N3O3. The van der Waals surface area contributed by atoms with Gasteiger partial charge in [0.05, 0.1) is 12.7 Å². The van der Waals surface area contributed by atoms with E-state index in [2.05, 4.69) is 15.6 Å². The molecule has 3 rings (SSSR count). The predicted octanol–water partition coefficient (Wildman–Crippen LogP) is 3.27. The van der Waals surface area contributed by atoms with Gasteiger partial charge in [-0.2, -0.15) is 0 Å². The number of ether oxygens (including phenoxy) is 1. The van der Waals surface area contributed by atoms with Gasteiger partial charge in [-0.15, -0.1) is 0 Å². The van der Waals surface area contributed by atoms with E-state index in [4.69, 9.17) is 4.74 Å². The van der Waals surface area contributed by atoms with Crippen LogP contribution in [0.15, 0.2) is 73.1 Å². The minimum absolute atomic E-state index is 0.181. The maximum atomic E-state index is 12.3. The highest BCUT2D eigenvalue weighted by molar-refractivity contribution is 6.04. The maximum Gasteiger partial charge on any atom is 0.255 e. The Labute approximate surface area is 157 Å². The minimum Gasteiger partial charge on any atom is -0.497 e. The summed E-state index contributed by atoms with van der Waals surface area (Å²) in [6, 6.07) is 17.6. The average Bonchev–Trinajstić information content (AvgIpc) is 2.73. The molecule has 0 aliphatic rings. The van der Waals surface area contributed by atoms with Crippen LogP contribution in [0.3, 0.4) is 0 Å². The first-order valence-corrected chi connectivity index (χ1v) is 8.38. The number of carbonyl (C=O) groups is 2. The summed E-state index contributed by atoms with van der Waals surface area (Å²) < 4.78 is 5.08. The molecule has 6 nitrogen and oxygen atoms in total. The molecule has 2 amide bonds. The van der Waals surface area contributed by atoms with Crippen molar-refractivity contribution in [2.75, 3.05) is 12.4 Å². The number of carbonyl (C=O) groups excluding carboxylic acids is 2. The first-order valence-electron chi connectivity index (χ1n) is 8.38. The molecule has 0 fully saturated rings. The van der Waals surface area contributed by atoms with Crippen LogP contribution < -0.4 is 15.4 Å². The zero-order valence-electron chi connectivity index (χ0n) is 14.8. The fourth-order valence-corrected chi connectivity index (χ4v) is 2.43. The van der Waals surface area contributed by atoms with Crippen LogP contribution in [0.25, 0.3) is 0 Å². The molecule has 2 N–H and O–H groups in total. The second kappa shape index (κ2) is 8.62. The molecule has 0 saturated heterocycles. The summed E-state index contributed by atoms with van der Waals surface area (Å²) in [7, 11) is 1.58. The molecule has 0 spiro atoms. The molecule has 1 aromatic heterocycles. The van der Waals surface area contributed by atoms with Gasteiger partial charge in [0, 0.05) is 30.2 Å². The van der Waals surface area contributed by atoms with Crippen molar-refractivity contribution in [3.8, 4) is 5.75 Å². The van der Waals surface area contributed by atoms with Crippen LogP contribution in [-0.4, -0.2) is 23.9 Å². The number of pyridine rings is 1. The highest BCUT2D eigenvalue weighted by atomic mass is 16.5. The van der Waals surface area contributed by atoms with Crippen LogP contribution in [0.2, 0.25) is 0 Å². The van der Waals surface area contributed by atoms with Gasteiger partial charge in [-0.25, -0.2) is 0 Å². The summed E-state index contributed by atoms with van der Waals surface area (Å²) in [6.07, 6.45) is 3.14. The number of rotatable bonds is 6. The first-order chi connectivity index (χ1) is 13.2. The quantitative estimate of drug-likeness (QED) is 0.706. The Morgan fingerprint density at radius 2 is 1.67 bits per heavy atom. The monoisotopic (exact) mass is 361 g/mol. The topological polar surface area (TPSA) is 80.3 Å². The molecule has 0 radical (unpaired) electrons. The third-order valence-corrected chi connectivity index (χ3v) is 3.94. The Hall–Kier alpha value is -3.67. The predicted molar refractivity (Wildman–Crippen MR) is 103 cm³/mol. The number of hydrogen-bond acceptors (Lipinski definition) is 4. The largest absolute Gasteiger partial charge is 0.497 e. The Morgan fingerprint density at radius 3 is 2.30 bits per heavy atom. The van der Waals surface area contributed by atoms with Gasteiger partial charge in [-0.3, -0.25) is 14.6 Å². The fourth-order valence-electron chi connectivity index (χ4n) is 2.43. The number of methoxy groups -OCH3 is 1. The van der Waals surface area contributed by atoms with Crippen molar-refractivity contribution in [1.82, 2.24) is 10.3 Å². The maximum absolute atomic E-state index is 12.3. The van der Waals surface area contributed by atoms with Crippen LogP contribution in [0.4, 0.5) is 5.69 Å². The lowest BCUT2D eigenvalue weighted by molar-refractivity contribution is 0.0949. The van der Waals surface area contributed by atoms with Crippen molar-refractivity contribution in [2.24, 2.45) is 0 Å². The third kappa shape index (κ3) is 4.92. The summed E-state index contributed by atoms with van der Waals surface area (Å²) in [5.74, 6) is 0.319. The number of amides is 2. The molecule has 0 saturated carbocycles. The fraction of sp³-hybridized carbons (Fsp3) is 0.0952. The molecule has 1 heterocycles. The van der Waals surface area contributed by atoms with Crippen molar-refractivity contribution >= 4 is 17.5 Å². The lowest BCUT2D eigenvalue weighted by Crippen LogP contribution is -2.22. The van der Waals surface area contributed by atoms with Crippen molar-refractivity contribution in [3.05, 3.63) is 89.7 Å². The zero-order valence-corrected chi connectivity index (χ0v) is 14.8. The Morgan fingerprint density at radius 1 is 0.926 bits per heavy atom. The van der Waals surface area contributed by atoms with Crippen molar-refractivity contribution < 1.29 is 14.3 Å². The van der Waals surface area contributed by atoms with Gasteiger partial charge in [0.1, 0.15) is 5.75 Å². The highest BCUT2D eigenvalue weighted by Gasteiger charge is 2.07. The molecular weight excluding hydrogens is 342 g/mol. The van der Waals surface area contributed by atoms with E-state index in [0.29, 0.717) is 29.1 Å². The van der Waals surface area contributed by atoms with E-state index in [-0.39, 0.29) is 11.8 Å². The molecule has 27 heavy (non-hydrogen) atoms. The molecule has 0 aliphatic carbocycles. The van der Waals surface area contributed by atoms with E-state index in [1.54, 1.807) is 61.8 Å². The number of anilines is 1. The van der Waals surface area contributed by atoms with Crippen molar-refractivity contribution in [3.63, 3.8) is 0 Å². The minimum atomic E-state index is -0.199. The van der Waals surface area contributed by atoms with Crippen LogP contribution in [0, 0.1) is 0 Å². The summed E-state index contributed by atoms with van der Waals surface area (Å²) >= 11 is 0. The lowest BCUT2D eigenvalue weighted by Gasteiger charge is -2.08. The molecule has 3 aromatic rings. The number of aromatic nitrogens is 1. The number of hydrogen-bond donors (Lipinski definition) is 2. The van der Waals surface area contributed by atoms with Gasteiger partial charge in [-0.05, 0) is 54.1 Å². The smallest absolute Gasteiger partial charge is 0.255 e. The molecule has 0 atom stereocenters. The lowest BCUT2D eigenvalue weighted by atomic mass is 10.1. The van der Waals surface area contributed by atoms with Crippen LogP contribution >= 0.6 is 0 Å². The van der Waals surface area contributed by atoms with Gasteiger partial charge in [-0.1, -0.05) is 12.1 Å². The van der Waals surface area contributed by atoms with Crippen LogP contribution in [0.5, 0.6) is 5.75 Å². The van der Waals surface area contributed by atoms with Gasteiger partial charge >= 0.3 is 0 Å². The molecule has 6 heteroatoms. The standard InChI is InChI=1S/C21H19N3O3/c1-27-19-10-6-16(7-11-19)21(26)24-18-8-4-15(5-9-18)13-23-20(25)17-3-2-12-22-14-17/h2-12,14H,13H2,1H3,(H,23,25)(H,24,26). The Kier molecular flexibility index (Phi) is 5.79. The van der Waals surface area contributed by atoms with E-state index in [0.717, 1.165) is 5.56 Å².